The summed E-state index contributed by atoms with van der Waals surface area (Å²) in [5.41, 5.74) is 0.254. The van der Waals surface area contributed by atoms with Gasteiger partial charge < -0.3 is 4.74 Å². The van der Waals surface area contributed by atoms with E-state index in [2.05, 4.69) is 25.0 Å². The molecule has 1 aromatic heterocycles. The fourth-order valence-electron chi connectivity index (χ4n) is 2.22. The number of ether oxygens (including phenoxy) is 1. The highest BCUT2D eigenvalue weighted by Crippen LogP contribution is 2.28. The Labute approximate surface area is 185 Å². The lowest BCUT2D eigenvalue weighted by molar-refractivity contribution is 0.0600. The number of hydrogen-bond acceptors (Lipinski definition) is 8. The molecule has 13 heteroatoms. The van der Waals surface area contributed by atoms with Crippen LogP contribution in [0.2, 0.25) is 10.0 Å². The lowest BCUT2D eigenvalue weighted by Crippen LogP contribution is -2.14. The number of methoxy groups -OCH3 is 1. The Hall–Kier alpha value is -2.73. The molecule has 0 aliphatic carbocycles. The van der Waals surface area contributed by atoms with Crippen LogP contribution in [-0.2, 0) is 14.8 Å². The van der Waals surface area contributed by atoms with Gasteiger partial charge in [0.1, 0.15) is 0 Å². The van der Waals surface area contributed by atoms with Gasteiger partial charge in [0.2, 0.25) is 5.13 Å². The molecule has 1 amide bonds. The highest BCUT2D eigenvalue weighted by Gasteiger charge is 2.23. The van der Waals surface area contributed by atoms with Gasteiger partial charge >= 0.3 is 5.97 Å². The van der Waals surface area contributed by atoms with Gasteiger partial charge in [0.25, 0.3) is 20.3 Å². The van der Waals surface area contributed by atoms with Gasteiger partial charge in [-0.15, -0.1) is 10.2 Å². The Kier molecular flexibility index (Phi) is 6.56. The standard InChI is InChI=1S/C17H12Cl2N4O5S2/c1-28-15(25)9-6-7-12(19)13(8-9)23-30(26,27)17-22-21-16(29-17)20-14(24)10-4-2-3-5-11(10)18/h2-8,23H,1H3,(H,20,21,24). The lowest BCUT2D eigenvalue weighted by Gasteiger charge is -2.08. The first-order chi connectivity index (χ1) is 14.2. The third-order valence-electron chi connectivity index (χ3n) is 3.61. The van der Waals surface area contributed by atoms with E-state index in [1.54, 1.807) is 18.2 Å². The number of carbonyl (C=O) groups is 2. The summed E-state index contributed by atoms with van der Waals surface area (Å²) in [6.45, 7) is 0. The van der Waals surface area contributed by atoms with E-state index in [1.165, 1.54) is 31.4 Å². The number of hydrogen-bond donors (Lipinski definition) is 2. The molecule has 0 bridgehead atoms. The number of sulfonamides is 1. The minimum absolute atomic E-state index is 0.0450. The SMILES string of the molecule is COC(=O)c1ccc(Cl)c(NS(=O)(=O)c2nnc(NC(=O)c3ccccc3Cl)s2)c1. The summed E-state index contributed by atoms with van der Waals surface area (Å²) in [7, 11) is -3.00. The van der Waals surface area contributed by atoms with Gasteiger partial charge in [0.05, 0.1) is 34.0 Å². The van der Waals surface area contributed by atoms with Crippen molar-refractivity contribution in [2.75, 3.05) is 17.1 Å². The molecule has 2 N–H and O–H groups in total. The average Bonchev–Trinajstić information content (AvgIpc) is 3.18. The molecular formula is C17H12Cl2N4O5S2. The summed E-state index contributed by atoms with van der Waals surface area (Å²) < 4.78 is 31.7. The van der Waals surface area contributed by atoms with Crippen LogP contribution < -0.4 is 10.0 Å². The zero-order valence-corrected chi connectivity index (χ0v) is 18.2. The number of nitrogens with one attached hydrogen (secondary N) is 2. The number of nitrogens with zero attached hydrogens (tertiary/aromatic N) is 2. The van der Waals surface area contributed by atoms with Crippen LogP contribution in [0.4, 0.5) is 10.8 Å². The van der Waals surface area contributed by atoms with E-state index in [0.717, 1.165) is 0 Å². The molecule has 0 saturated carbocycles. The molecular weight excluding hydrogens is 475 g/mol. The summed E-state index contributed by atoms with van der Waals surface area (Å²) >= 11 is 12.6. The van der Waals surface area contributed by atoms with E-state index in [0.29, 0.717) is 11.3 Å². The molecule has 0 fully saturated rings. The number of amides is 1. The zero-order valence-electron chi connectivity index (χ0n) is 15.0. The van der Waals surface area contributed by atoms with Crippen LogP contribution in [0.5, 0.6) is 0 Å². The van der Waals surface area contributed by atoms with Crippen molar-refractivity contribution in [3.05, 3.63) is 63.6 Å². The second-order valence-corrected chi connectivity index (χ2v) is 9.25. The van der Waals surface area contributed by atoms with Crippen molar-refractivity contribution in [2.24, 2.45) is 0 Å². The predicted molar refractivity (Wildman–Crippen MR) is 113 cm³/mol. The van der Waals surface area contributed by atoms with Crippen molar-refractivity contribution in [1.82, 2.24) is 10.2 Å². The quantitative estimate of drug-likeness (QED) is 0.401. The van der Waals surface area contributed by atoms with Gasteiger partial charge in [0.15, 0.2) is 0 Å². The van der Waals surface area contributed by atoms with Crippen molar-refractivity contribution >= 4 is 67.3 Å². The highest BCUT2D eigenvalue weighted by atomic mass is 35.5. The Morgan fingerprint density at radius 1 is 1.07 bits per heavy atom. The van der Waals surface area contributed by atoms with Gasteiger partial charge in [-0.3, -0.25) is 14.8 Å². The molecule has 1 heterocycles. The number of anilines is 2. The van der Waals surface area contributed by atoms with Crippen molar-refractivity contribution in [2.45, 2.75) is 4.34 Å². The number of esters is 1. The van der Waals surface area contributed by atoms with E-state index in [1.807, 2.05) is 0 Å². The summed E-state index contributed by atoms with van der Waals surface area (Å²) in [4.78, 5) is 23.9. The number of aromatic nitrogens is 2. The first kappa shape index (κ1) is 22.0. The third kappa shape index (κ3) is 4.87. The fraction of sp³-hybridized carbons (Fsp3) is 0.0588. The summed E-state index contributed by atoms with van der Waals surface area (Å²) in [6, 6.07) is 10.3. The Bertz CT molecular complexity index is 1230. The first-order valence-electron chi connectivity index (χ1n) is 8.01. The normalized spacial score (nSPS) is 11.0. The van der Waals surface area contributed by atoms with Crippen LogP contribution in [0, 0.1) is 0 Å². The third-order valence-corrected chi connectivity index (χ3v) is 6.84. The Balaban J connectivity index is 1.80. The number of carbonyl (C=O) groups excluding carboxylic acids is 2. The minimum Gasteiger partial charge on any atom is -0.465 e. The van der Waals surface area contributed by atoms with Crippen molar-refractivity contribution in [1.29, 1.82) is 0 Å². The number of benzene rings is 2. The van der Waals surface area contributed by atoms with Crippen LogP contribution >= 0.6 is 34.5 Å². The molecule has 0 saturated heterocycles. The smallest absolute Gasteiger partial charge is 0.337 e. The molecule has 0 aliphatic rings. The molecule has 30 heavy (non-hydrogen) atoms. The van der Waals surface area contributed by atoms with Gasteiger partial charge in [0, 0.05) is 0 Å². The number of rotatable bonds is 6. The molecule has 9 nitrogen and oxygen atoms in total. The molecule has 3 aromatic rings. The largest absolute Gasteiger partial charge is 0.465 e. The molecule has 0 radical (unpaired) electrons. The van der Waals surface area contributed by atoms with Crippen LogP contribution in [0.15, 0.2) is 46.8 Å². The van der Waals surface area contributed by atoms with E-state index < -0.39 is 26.2 Å². The van der Waals surface area contributed by atoms with Crippen LogP contribution in [-0.4, -0.2) is 37.6 Å². The maximum absolute atomic E-state index is 12.6. The first-order valence-corrected chi connectivity index (χ1v) is 11.1. The topological polar surface area (TPSA) is 127 Å². The second kappa shape index (κ2) is 8.96. The van der Waals surface area contributed by atoms with Crippen molar-refractivity contribution < 1.29 is 22.7 Å². The molecule has 0 spiro atoms. The molecule has 0 atom stereocenters. The average molecular weight is 487 g/mol. The minimum atomic E-state index is -4.19. The van der Waals surface area contributed by atoms with Gasteiger partial charge in [-0.05, 0) is 30.3 Å². The van der Waals surface area contributed by atoms with Crippen LogP contribution in [0.1, 0.15) is 20.7 Å². The lowest BCUT2D eigenvalue weighted by atomic mass is 10.2. The van der Waals surface area contributed by atoms with Crippen LogP contribution in [0.3, 0.4) is 0 Å². The summed E-state index contributed by atoms with van der Waals surface area (Å²) in [6.07, 6.45) is 0. The molecule has 2 aromatic carbocycles. The van der Waals surface area contributed by atoms with Crippen molar-refractivity contribution in [3.8, 4) is 0 Å². The maximum Gasteiger partial charge on any atom is 0.337 e. The molecule has 0 aliphatic heterocycles. The monoisotopic (exact) mass is 486 g/mol. The zero-order chi connectivity index (χ0) is 21.9. The summed E-state index contributed by atoms with van der Waals surface area (Å²) in [5, 5.41) is 9.94. The van der Waals surface area contributed by atoms with Gasteiger partial charge in [-0.1, -0.05) is 46.7 Å². The maximum atomic E-state index is 12.6. The predicted octanol–water partition coefficient (Wildman–Crippen LogP) is 3.68. The van der Waals surface area contributed by atoms with Crippen LogP contribution in [0.25, 0.3) is 0 Å². The molecule has 156 valence electrons. The fourth-order valence-corrected chi connectivity index (χ4v) is 4.62. The molecule has 3 rings (SSSR count). The Morgan fingerprint density at radius 2 is 1.80 bits per heavy atom. The Morgan fingerprint density at radius 3 is 2.50 bits per heavy atom. The van der Waals surface area contributed by atoms with E-state index >= 15 is 0 Å². The summed E-state index contributed by atoms with van der Waals surface area (Å²) in [5.74, 6) is -1.23. The van der Waals surface area contributed by atoms with Crippen molar-refractivity contribution in [3.63, 3.8) is 0 Å². The molecule has 0 unspecified atom stereocenters. The van der Waals surface area contributed by atoms with Gasteiger partial charge in [-0.2, -0.15) is 8.42 Å². The van der Waals surface area contributed by atoms with E-state index in [9.17, 15) is 18.0 Å². The second-order valence-electron chi connectivity index (χ2n) is 5.60. The van der Waals surface area contributed by atoms with E-state index in [-0.39, 0.29) is 32.0 Å². The van der Waals surface area contributed by atoms with Gasteiger partial charge in [-0.25, -0.2) is 4.79 Å². The highest BCUT2D eigenvalue weighted by molar-refractivity contribution is 7.94. The van der Waals surface area contributed by atoms with E-state index in [4.69, 9.17) is 23.2 Å². The number of halogens is 2.